The number of hydrogen-bond donors (Lipinski definition) is 0. The van der Waals surface area contributed by atoms with Gasteiger partial charge in [0.15, 0.2) is 0 Å². The summed E-state index contributed by atoms with van der Waals surface area (Å²) in [6.45, 7) is 1.41. The lowest BCUT2D eigenvalue weighted by molar-refractivity contribution is -0.126. The Bertz CT molecular complexity index is 244. The van der Waals surface area contributed by atoms with Gasteiger partial charge in [-0.3, -0.25) is 14.8 Å². The van der Waals surface area contributed by atoms with Crippen LogP contribution in [0.25, 0.3) is 0 Å². The van der Waals surface area contributed by atoms with E-state index in [0.29, 0.717) is 18.9 Å². The van der Waals surface area contributed by atoms with Gasteiger partial charge in [0.1, 0.15) is 5.78 Å². The molecule has 0 aromatic heterocycles. The Balaban J connectivity index is 1.93. The zero-order valence-electron chi connectivity index (χ0n) is 8.35. The molecule has 0 fully saturated rings. The number of aliphatic imine (C=N–C) groups is 2. The number of rotatable bonds is 2. The lowest BCUT2D eigenvalue weighted by atomic mass is 9.85. The predicted octanol–water partition coefficient (Wildman–Crippen LogP) is 1.52. The third-order valence-electron chi connectivity index (χ3n) is 3.00. The van der Waals surface area contributed by atoms with E-state index in [1.807, 2.05) is 12.4 Å². The number of nitrogens with zero attached hydrogens (tertiary/aromatic N) is 2. The van der Waals surface area contributed by atoms with E-state index in [1.165, 1.54) is 0 Å². The van der Waals surface area contributed by atoms with Crippen molar-refractivity contribution in [2.75, 3.05) is 13.1 Å². The third-order valence-corrected chi connectivity index (χ3v) is 3.00. The summed E-state index contributed by atoms with van der Waals surface area (Å²) in [5, 5.41) is 0. The van der Waals surface area contributed by atoms with E-state index in [2.05, 4.69) is 9.98 Å². The first-order chi connectivity index (χ1) is 6.88. The molecule has 2 atom stereocenters. The third kappa shape index (κ3) is 2.08. The van der Waals surface area contributed by atoms with Gasteiger partial charge in [0.05, 0.1) is 0 Å². The van der Waals surface area contributed by atoms with Crippen LogP contribution >= 0.6 is 0 Å². The van der Waals surface area contributed by atoms with Gasteiger partial charge in [0, 0.05) is 24.9 Å². The molecule has 0 aliphatic carbocycles. The van der Waals surface area contributed by atoms with Crippen molar-refractivity contribution < 1.29 is 4.79 Å². The van der Waals surface area contributed by atoms with Gasteiger partial charge in [0.25, 0.3) is 0 Å². The van der Waals surface area contributed by atoms with Crippen LogP contribution in [0.4, 0.5) is 0 Å². The molecule has 0 aromatic carbocycles. The Morgan fingerprint density at radius 1 is 1.00 bits per heavy atom. The molecule has 2 aliphatic heterocycles. The molecule has 2 aliphatic rings. The van der Waals surface area contributed by atoms with Gasteiger partial charge in [-0.15, -0.1) is 0 Å². The van der Waals surface area contributed by atoms with Crippen molar-refractivity contribution in [1.29, 1.82) is 0 Å². The average molecular weight is 192 g/mol. The van der Waals surface area contributed by atoms with Gasteiger partial charge in [0.2, 0.25) is 0 Å². The van der Waals surface area contributed by atoms with Crippen LogP contribution in [-0.4, -0.2) is 31.3 Å². The molecule has 3 heteroatoms. The molecule has 0 radical (unpaired) electrons. The lowest BCUT2D eigenvalue weighted by Crippen LogP contribution is -2.30. The minimum atomic E-state index is 0.179. The highest BCUT2D eigenvalue weighted by Gasteiger charge is 2.27. The van der Waals surface area contributed by atoms with Crippen LogP contribution in [0.5, 0.6) is 0 Å². The molecule has 0 N–H and O–H groups in total. The second-order valence-electron chi connectivity index (χ2n) is 4.05. The van der Waals surface area contributed by atoms with E-state index >= 15 is 0 Å². The Labute approximate surface area is 84.3 Å². The Morgan fingerprint density at radius 2 is 1.50 bits per heavy atom. The van der Waals surface area contributed by atoms with Crippen molar-refractivity contribution in [3.63, 3.8) is 0 Å². The van der Waals surface area contributed by atoms with Gasteiger partial charge < -0.3 is 0 Å². The number of carbonyl (C=O) groups is 1. The average Bonchev–Trinajstić information content (AvgIpc) is 2.30. The van der Waals surface area contributed by atoms with E-state index < -0.39 is 0 Å². The Kier molecular flexibility index (Phi) is 3.07. The summed E-state index contributed by atoms with van der Waals surface area (Å²) in [5.74, 6) is 0.760. The first-order valence-corrected chi connectivity index (χ1v) is 5.38. The second-order valence-corrected chi connectivity index (χ2v) is 4.05. The Morgan fingerprint density at radius 3 is 1.86 bits per heavy atom. The molecule has 2 unspecified atom stereocenters. The molecule has 0 saturated carbocycles. The van der Waals surface area contributed by atoms with Gasteiger partial charge in [-0.2, -0.15) is 0 Å². The largest absolute Gasteiger partial charge is 0.299 e. The van der Waals surface area contributed by atoms with Crippen LogP contribution in [0.1, 0.15) is 25.7 Å². The monoisotopic (exact) mass is 192 g/mol. The fourth-order valence-electron chi connectivity index (χ4n) is 2.12. The van der Waals surface area contributed by atoms with Crippen molar-refractivity contribution in [3.05, 3.63) is 0 Å². The molecule has 0 saturated heterocycles. The smallest absolute Gasteiger partial charge is 0.142 e. The van der Waals surface area contributed by atoms with Crippen molar-refractivity contribution in [3.8, 4) is 0 Å². The zero-order valence-corrected chi connectivity index (χ0v) is 8.35. The minimum Gasteiger partial charge on any atom is -0.299 e. The normalized spacial score (nSPS) is 31.7. The van der Waals surface area contributed by atoms with E-state index in [-0.39, 0.29) is 11.8 Å². The van der Waals surface area contributed by atoms with E-state index in [1.54, 1.807) is 0 Å². The summed E-state index contributed by atoms with van der Waals surface area (Å²) in [5.41, 5.74) is 0. The maximum Gasteiger partial charge on any atom is 0.142 e. The van der Waals surface area contributed by atoms with E-state index in [0.717, 1.165) is 25.7 Å². The quantitative estimate of drug-likeness (QED) is 0.654. The number of ketones is 1. The topological polar surface area (TPSA) is 41.8 Å². The standard InChI is InChI=1S/C11H16N2O/c14-11(9-3-1-5-12-7-9)10-4-2-6-13-8-10/h5-6,9-10H,1-4,7-8H2. The molecule has 0 amide bonds. The van der Waals surface area contributed by atoms with Gasteiger partial charge in [-0.1, -0.05) is 0 Å². The molecule has 0 bridgehead atoms. The first kappa shape index (κ1) is 9.56. The van der Waals surface area contributed by atoms with Crippen LogP contribution in [0.2, 0.25) is 0 Å². The van der Waals surface area contributed by atoms with Gasteiger partial charge in [-0.25, -0.2) is 0 Å². The zero-order chi connectivity index (χ0) is 9.80. The molecule has 14 heavy (non-hydrogen) atoms. The first-order valence-electron chi connectivity index (χ1n) is 5.38. The van der Waals surface area contributed by atoms with E-state index in [9.17, 15) is 4.79 Å². The fourth-order valence-corrected chi connectivity index (χ4v) is 2.12. The van der Waals surface area contributed by atoms with Crippen molar-refractivity contribution >= 4 is 18.2 Å². The molecule has 2 heterocycles. The van der Waals surface area contributed by atoms with Crippen LogP contribution in [0.15, 0.2) is 9.98 Å². The highest BCUT2D eigenvalue weighted by atomic mass is 16.1. The molecule has 3 nitrogen and oxygen atoms in total. The fraction of sp³-hybridized carbons (Fsp3) is 0.727. The molecule has 76 valence electrons. The number of carbonyl (C=O) groups excluding carboxylic acids is 1. The lowest BCUT2D eigenvalue weighted by Gasteiger charge is -2.22. The van der Waals surface area contributed by atoms with Crippen molar-refractivity contribution in [2.45, 2.75) is 25.7 Å². The highest BCUT2D eigenvalue weighted by molar-refractivity contribution is 5.85. The van der Waals surface area contributed by atoms with Gasteiger partial charge in [-0.05, 0) is 38.1 Å². The van der Waals surface area contributed by atoms with Crippen LogP contribution < -0.4 is 0 Å². The summed E-state index contributed by atoms with van der Waals surface area (Å²) in [7, 11) is 0. The van der Waals surface area contributed by atoms with E-state index in [4.69, 9.17) is 0 Å². The molecular weight excluding hydrogens is 176 g/mol. The highest BCUT2D eigenvalue weighted by Crippen LogP contribution is 2.21. The molecule has 0 spiro atoms. The maximum absolute atomic E-state index is 12.0. The second kappa shape index (κ2) is 4.49. The molecular formula is C11H16N2O. The summed E-state index contributed by atoms with van der Waals surface area (Å²) in [4.78, 5) is 20.4. The van der Waals surface area contributed by atoms with Crippen LogP contribution in [0.3, 0.4) is 0 Å². The summed E-state index contributed by atoms with van der Waals surface area (Å²) in [6, 6.07) is 0. The maximum atomic E-state index is 12.0. The number of hydrogen-bond acceptors (Lipinski definition) is 3. The van der Waals surface area contributed by atoms with Crippen molar-refractivity contribution in [1.82, 2.24) is 0 Å². The Hall–Kier alpha value is -0.990. The number of Topliss-reactive ketones (excluding diaryl/α,β-unsaturated/α-hetero) is 1. The van der Waals surface area contributed by atoms with Crippen LogP contribution in [0, 0.1) is 11.8 Å². The summed E-state index contributed by atoms with van der Waals surface area (Å²) < 4.78 is 0. The SMILES string of the molecule is O=C(C1CCC=NC1)C1CCC=NC1. The molecule has 2 rings (SSSR count). The van der Waals surface area contributed by atoms with Crippen LogP contribution in [-0.2, 0) is 4.79 Å². The minimum absolute atomic E-state index is 0.179. The molecule has 0 aromatic rings. The van der Waals surface area contributed by atoms with Crippen molar-refractivity contribution in [2.24, 2.45) is 21.8 Å². The summed E-state index contributed by atoms with van der Waals surface area (Å²) >= 11 is 0. The predicted molar refractivity (Wildman–Crippen MR) is 57.2 cm³/mol. The van der Waals surface area contributed by atoms with Gasteiger partial charge >= 0.3 is 0 Å². The summed E-state index contributed by atoms with van der Waals surface area (Å²) in [6.07, 6.45) is 7.77.